The lowest BCUT2D eigenvalue weighted by molar-refractivity contribution is -0.136. The average molecular weight is 371 g/mol. The van der Waals surface area contributed by atoms with Gasteiger partial charge in [-0.1, -0.05) is 55.5 Å². The van der Waals surface area contributed by atoms with Crippen molar-refractivity contribution in [2.75, 3.05) is 0 Å². The molecule has 1 heterocycles. The Balaban J connectivity index is 2.08. The van der Waals surface area contributed by atoms with Crippen LogP contribution in [-0.4, -0.2) is 20.3 Å². The molecule has 3 rings (SSSR count). The second kappa shape index (κ2) is 7.13. The minimum Gasteiger partial charge on any atom is -0.433 e. The van der Waals surface area contributed by atoms with Gasteiger partial charge < -0.3 is 4.74 Å². The van der Waals surface area contributed by atoms with Gasteiger partial charge >= 0.3 is 5.97 Å². The zero-order chi connectivity index (χ0) is 18.7. The van der Waals surface area contributed by atoms with E-state index in [-0.39, 0.29) is 11.3 Å². The molecule has 0 spiro atoms. The first-order chi connectivity index (χ1) is 12.4. The van der Waals surface area contributed by atoms with Crippen LogP contribution in [0.4, 0.5) is 0 Å². The SMILES string of the molecule is CCC(=O)NS(=O)(=O)c1ccccc1C1=COC(=O)C1c1ccccc1. The Bertz CT molecular complexity index is 980. The summed E-state index contributed by atoms with van der Waals surface area (Å²) < 4.78 is 32.3. The number of carbonyl (C=O) groups is 2. The van der Waals surface area contributed by atoms with Crippen LogP contribution in [0.15, 0.2) is 65.8 Å². The van der Waals surface area contributed by atoms with Crippen molar-refractivity contribution in [3.05, 3.63) is 72.0 Å². The van der Waals surface area contributed by atoms with E-state index >= 15 is 0 Å². The van der Waals surface area contributed by atoms with Crippen molar-refractivity contribution in [2.45, 2.75) is 24.2 Å². The maximum Gasteiger partial charge on any atom is 0.322 e. The number of nitrogens with one attached hydrogen (secondary N) is 1. The molecule has 0 bridgehead atoms. The fraction of sp³-hybridized carbons (Fsp3) is 0.158. The van der Waals surface area contributed by atoms with Crippen molar-refractivity contribution in [3.63, 3.8) is 0 Å². The van der Waals surface area contributed by atoms with Gasteiger partial charge in [0, 0.05) is 17.6 Å². The van der Waals surface area contributed by atoms with Crippen molar-refractivity contribution in [2.24, 2.45) is 0 Å². The number of esters is 1. The highest BCUT2D eigenvalue weighted by Crippen LogP contribution is 2.39. The van der Waals surface area contributed by atoms with E-state index < -0.39 is 27.8 Å². The Morgan fingerprint density at radius 2 is 1.73 bits per heavy atom. The van der Waals surface area contributed by atoms with Gasteiger partial charge in [0.1, 0.15) is 5.92 Å². The predicted molar refractivity (Wildman–Crippen MR) is 95.3 cm³/mol. The minimum absolute atomic E-state index is 0.0400. The van der Waals surface area contributed by atoms with E-state index in [1.54, 1.807) is 49.4 Å². The number of amides is 1. The van der Waals surface area contributed by atoms with Gasteiger partial charge in [-0.15, -0.1) is 0 Å². The second-order valence-electron chi connectivity index (χ2n) is 5.73. The number of benzene rings is 2. The first-order valence-electron chi connectivity index (χ1n) is 8.04. The zero-order valence-corrected chi connectivity index (χ0v) is 14.8. The average Bonchev–Trinajstić information content (AvgIpc) is 3.03. The Kier molecular flexibility index (Phi) is 4.90. The molecular weight excluding hydrogens is 354 g/mol. The van der Waals surface area contributed by atoms with Crippen molar-refractivity contribution in [1.29, 1.82) is 0 Å². The lowest BCUT2D eigenvalue weighted by Gasteiger charge is -2.15. The van der Waals surface area contributed by atoms with Crippen LogP contribution >= 0.6 is 0 Å². The topological polar surface area (TPSA) is 89.5 Å². The van der Waals surface area contributed by atoms with Crippen LogP contribution in [0.5, 0.6) is 0 Å². The summed E-state index contributed by atoms with van der Waals surface area (Å²) in [5.41, 5.74) is 1.46. The zero-order valence-electron chi connectivity index (χ0n) is 14.0. The van der Waals surface area contributed by atoms with Crippen LogP contribution in [0.2, 0.25) is 0 Å². The summed E-state index contributed by atoms with van der Waals surface area (Å²) in [5, 5.41) is 0. The van der Waals surface area contributed by atoms with E-state index in [9.17, 15) is 18.0 Å². The molecule has 1 amide bonds. The summed E-state index contributed by atoms with van der Waals surface area (Å²) in [6.07, 6.45) is 1.31. The highest BCUT2D eigenvalue weighted by Gasteiger charge is 2.35. The molecule has 26 heavy (non-hydrogen) atoms. The molecule has 2 aromatic rings. The first-order valence-corrected chi connectivity index (χ1v) is 9.53. The lowest BCUT2D eigenvalue weighted by atomic mass is 9.89. The van der Waals surface area contributed by atoms with E-state index in [1.807, 2.05) is 10.8 Å². The monoisotopic (exact) mass is 371 g/mol. The fourth-order valence-electron chi connectivity index (χ4n) is 2.78. The third-order valence-corrected chi connectivity index (χ3v) is 5.47. The molecule has 2 aromatic carbocycles. The normalized spacial score (nSPS) is 16.7. The second-order valence-corrected chi connectivity index (χ2v) is 7.38. The third-order valence-electron chi connectivity index (χ3n) is 4.04. The number of hydrogen-bond acceptors (Lipinski definition) is 5. The van der Waals surface area contributed by atoms with Gasteiger partial charge in [0.25, 0.3) is 10.0 Å². The molecule has 0 saturated carbocycles. The Labute approximate surface area is 151 Å². The summed E-state index contributed by atoms with van der Waals surface area (Å²) in [4.78, 5) is 23.8. The Morgan fingerprint density at radius 1 is 1.08 bits per heavy atom. The fourth-order valence-corrected chi connectivity index (χ4v) is 4.07. The molecule has 7 heteroatoms. The van der Waals surface area contributed by atoms with Crippen LogP contribution in [0, 0.1) is 0 Å². The molecule has 1 atom stereocenters. The largest absolute Gasteiger partial charge is 0.433 e. The van der Waals surface area contributed by atoms with Crippen molar-refractivity contribution < 1.29 is 22.7 Å². The van der Waals surface area contributed by atoms with Gasteiger partial charge in [-0.25, -0.2) is 13.1 Å². The predicted octanol–water partition coefficient (Wildman–Crippen LogP) is 2.58. The Morgan fingerprint density at radius 3 is 2.42 bits per heavy atom. The maximum absolute atomic E-state index is 12.6. The van der Waals surface area contributed by atoms with Crippen molar-refractivity contribution in [3.8, 4) is 0 Å². The number of sulfonamides is 1. The molecule has 0 fully saturated rings. The van der Waals surface area contributed by atoms with Crippen LogP contribution in [0.25, 0.3) is 5.57 Å². The van der Waals surface area contributed by atoms with Crippen LogP contribution in [0.3, 0.4) is 0 Å². The summed E-state index contributed by atoms with van der Waals surface area (Å²) in [7, 11) is -4.07. The molecule has 1 N–H and O–H groups in total. The van der Waals surface area contributed by atoms with Gasteiger partial charge in [0.2, 0.25) is 5.91 Å². The number of carbonyl (C=O) groups excluding carboxylic acids is 2. The number of rotatable bonds is 5. The third kappa shape index (κ3) is 3.39. The standard InChI is InChI=1S/C19H17NO5S/c1-2-17(21)20-26(23,24)16-11-7-6-10-14(16)15-12-25-19(22)18(15)13-8-4-3-5-9-13/h3-12,18H,2H2,1H3,(H,20,21). The molecule has 134 valence electrons. The summed E-state index contributed by atoms with van der Waals surface area (Å²) in [5.74, 6) is -1.81. The molecule has 0 saturated heterocycles. The van der Waals surface area contributed by atoms with Crippen LogP contribution in [-0.2, 0) is 24.3 Å². The molecule has 0 aliphatic carbocycles. The summed E-state index contributed by atoms with van der Waals surface area (Å²) >= 11 is 0. The molecule has 1 aliphatic rings. The van der Waals surface area contributed by atoms with Gasteiger partial charge in [-0.05, 0) is 11.6 Å². The van der Waals surface area contributed by atoms with Gasteiger partial charge in [-0.3, -0.25) is 9.59 Å². The van der Waals surface area contributed by atoms with E-state index in [4.69, 9.17) is 4.74 Å². The number of ether oxygens (including phenoxy) is 1. The summed E-state index contributed by atoms with van der Waals surface area (Å²) in [6.45, 7) is 1.56. The molecule has 1 aliphatic heterocycles. The maximum atomic E-state index is 12.6. The van der Waals surface area contributed by atoms with E-state index in [1.165, 1.54) is 12.3 Å². The molecule has 0 radical (unpaired) electrons. The van der Waals surface area contributed by atoms with Gasteiger partial charge in [-0.2, -0.15) is 0 Å². The van der Waals surface area contributed by atoms with Crippen LogP contribution in [0.1, 0.15) is 30.4 Å². The van der Waals surface area contributed by atoms with E-state index in [0.29, 0.717) is 16.7 Å². The van der Waals surface area contributed by atoms with Gasteiger partial charge in [0.05, 0.1) is 11.2 Å². The number of cyclic esters (lactones) is 1. The van der Waals surface area contributed by atoms with Gasteiger partial charge in [0.15, 0.2) is 0 Å². The Hall–Kier alpha value is -2.93. The highest BCUT2D eigenvalue weighted by molar-refractivity contribution is 7.90. The van der Waals surface area contributed by atoms with Crippen molar-refractivity contribution in [1.82, 2.24) is 4.72 Å². The van der Waals surface area contributed by atoms with Crippen LogP contribution < -0.4 is 4.72 Å². The number of hydrogen-bond donors (Lipinski definition) is 1. The lowest BCUT2D eigenvalue weighted by Crippen LogP contribution is -2.30. The summed E-state index contributed by atoms with van der Waals surface area (Å²) in [6, 6.07) is 15.2. The smallest absolute Gasteiger partial charge is 0.322 e. The molecule has 0 aromatic heterocycles. The van der Waals surface area contributed by atoms with E-state index in [0.717, 1.165) is 0 Å². The molecule has 1 unspecified atom stereocenters. The first kappa shape index (κ1) is 17.9. The van der Waals surface area contributed by atoms with E-state index in [2.05, 4.69) is 0 Å². The quantitative estimate of drug-likeness (QED) is 0.816. The van der Waals surface area contributed by atoms with Crippen molar-refractivity contribution >= 4 is 27.5 Å². The highest BCUT2D eigenvalue weighted by atomic mass is 32.2. The molecular formula is C19H17NO5S. The molecule has 6 nitrogen and oxygen atoms in total. The minimum atomic E-state index is -4.07.